The maximum Gasteiger partial charge on any atom is 0.327 e. The van der Waals surface area contributed by atoms with Crippen molar-refractivity contribution in [2.45, 2.75) is 5.92 Å². The zero-order chi connectivity index (χ0) is 14.3. The van der Waals surface area contributed by atoms with Crippen molar-refractivity contribution in [3.63, 3.8) is 0 Å². The van der Waals surface area contributed by atoms with Crippen LogP contribution < -0.4 is 0 Å². The maximum atomic E-state index is 11.4. The SMILES string of the molecule is N#CC1(C#N)C(c2ccccc2Cl)C1(C#N)C(=O)O. The molecule has 0 aromatic heterocycles. The summed E-state index contributed by atoms with van der Waals surface area (Å²) in [5.41, 5.74) is -3.64. The fourth-order valence-electron chi connectivity index (χ4n) is 2.47. The lowest BCUT2D eigenvalue weighted by atomic mass is 9.97. The van der Waals surface area contributed by atoms with E-state index in [2.05, 4.69) is 0 Å². The van der Waals surface area contributed by atoms with Gasteiger partial charge in [0, 0.05) is 5.02 Å². The highest BCUT2D eigenvalue weighted by atomic mass is 35.5. The lowest BCUT2D eigenvalue weighted by Crippen LogP contribution is -2.20. The molecule has 6 heteroatoms. The van der Waals surface area contributed by atoms with Crippen LogP contribution in [0.2, 0.25) is 5.02 Å². The average molecular weight is 272 g/mol. The standard InChI is InChI=1S/C13H6ClN3O2/c14-9-4-2-1-3-8(9)10-12(5-15,6-16)13(10,7-17)11(18)19/h1-4,10H,(H,18,19). The van der Waals surface area contributed by atoms with Gasteiger partial charge in [-0.05, 0) is 11.6 Å². The number of benzene rings is 1. The Balaban J connectivity index is 2.70. The van der Waals surface area contributed by atoms with Gasteiger partial charge in [-0.1, -0.05) is 29.8 Å². The summed E-state index contributed by atoms with van der Waals surface area (Å²) in [4.78, 5) is 11.4. The van der Waals surface area contributed by atoms with Gasteiger partial charge in [-0.15, -0.1) is 0 Å². The molecule has 1 aromatic carbocycles. The minimum atomic E-state index is -2.07. The molecule has 1 fully saturated rings. The maximum absolute atomic E-state index is 11.4. The number of hydrogen-bond donors (Lipinski definition) is 1. The molecule has 1 aliphatic rings. The van der Waals surface area contributed by atoms with E-state index in [9.17, 15) is 15.2 Å². The van der Waals surface area contributed by atoms with Crippen LogP contribution in [0.4, 0.5) is 0 Å². The van der Waals surface area contributed by atoms with Crippen LogP contribution in [0.25, 0.3) is 0 Å². The Bertz CT molecular complexity index is 681. The van der Waals surface area contributed by atoms with Crippen molar-refractivity contribution in [2.75, 3.05) is 0 Å². The summed E-state index contributed by atoms with van der Waals surface area (Å²) in [6.45, 7) is 0. The molecule has 5 nitrogen and oxygen atoms in total. The molecule has 0 heterocycles. The van der Waals surface area contributed by atoms with Crippen LogP contribution in [0, 0.1) is 44.8 Å². The molecule has 2 rings (SSSR count). The second-order valence-corrected chi connectivity index (χ2v) is 4.62. The number of halogens is 1. The lowest BCUT2D eigenvalue weighted by Gasteiger charge is -2.03. The second kappa shape index (κ2) is 3.99. The van der Waals surface area contributed by atoms with E-state index in [1.807, 2.05) is 0 Å². The van der Waals surface area contributed by atoms with Crippen LogP contribution in [0.1, 0.15) is 11.5 Å². The van der Waals surface area contributed by atoms with Crippen molar-refractivity contribution in [2.24, 2.45) is 10.8 Å². The molecule has 2 atom stereocenters. The number of carboxylic acids is 1. The van der Waals surface area contributed by atoms with Gasteiger partial charge in [0.1, 0.15) is 0 Å². The zero-order valence-corrected chi connectivity index (χ0v) is 10.2. The molecular weight excluding hydrogens is 266 g/mol. The molecule has 1 saturated carbocycles. The van der Waals surface area contributed by atoms with E-state index >= 15 is 0 Å². The van der Waals surface area contributed by atoms with Gasteiger partial charge in [-0.3, -0.25) is 4.79 Å². The molecule has 0 radical (unpaired) electrons. The molecule has 19 heavy (non-hydrogen) atoms. The molecule has 0 saturated heterocycles. The first-order valence-corrected chi connectivity index (χ1v) is 5.61. The van der Waals surface area contributed by atoms with E-state index in [1.165, 1.54) is 12.1 Å². The van der Waals surface area contributed by atoms with Crippen LogP contribution in [0.5, 0.6) is 0 Å². The molecule has 0 aliphatic heterocycles. The molecule has 0 bridgehead atoms. The Kier molecular flexibility index (Phi) is 2.71. The largest absolute Gasteiger partial charge is 0.480 e. The van der Waals surface area contributed by atoms with Gasteiger partial charge < -0.3 is 5.11 Å². The summed E-state index contributed by atoms with van der Waals surface area (Å²) in [6, 6.07) is 11.3. The predicted molar refractivity (Wildman–Crippen MR) is 63.5 cm³/mol. The average Bonchev–Trinajstić information content (AvgIpc) is 3.03. The Morgan fingerprint density at radius 2 is 1.79 bits per heavy atom. The summed E-state index contributed by atoms with van der Waals surface area (Å²) in [7, 11) is 0. The number of rotatable bonds is 2. The molecule has 0 amide bonds. The highest BCUT2D eigenvalue weighted by Gasteiger charge is 2.85. The van der Waals surface area contributed by atoms with Crippen LogP contribution in [0.15, 0.2) is 24.3 Å². The first kappa shape index (κ1) is 12.9. The van der Waals surface area contributed by atoms with Crippen molar-refractivity contribution in [3.8, 4) is 18.2 Å². The van der Waals surface area contributed by atoms with Crippen molar-refractivity contribution in [1.29, 1.82) is 15.8 Å². The number of carbonyl (C=O) groups is 1. The van der Waals surface area contributed by atoms with E-state index in [0.717, 1.165) is 0 Å². The molecular formula is C13H6ClN3O2. The third-order valence-electron chi connectivity index (χ3n) is 3.49. The zero-order valence-electron chi connectivity index (χ0n) is 9.46. The second-order valence-electron chi connectivity index (χ2n) is 4.21. The summed E-state index contributed by atoms with van der Waals surface area (Å²) < 4.78 is 0. The van der Waals surface area contributed by atoms with E-state index in [4.69, 9.17) is 22.1 Å². The Labute approximate surface area is 113 Å². The highest BCUT2D eigenvalue weighted by Crippen LogP contribution is 2.74. The van der Waals surface area contributed by atoms with Gasteiger partial charge in [0.2, 0.25) is 0 Å². The normalized spacial score (nSPS) is 26.5. The van der Waals surface area contributed by atoms with Gasteiger partial charge in [-0.2, -0.15) is 15.8 Å². The van der Waals surface area contributed by atoms with Crippen LogP contribution in [-0.2, 0) is 4.79 Å². The number of nitriles is 3. The van der Waals surface area contributed by atoms with E-state index in [1.54, 1.807) is 30.3 Å². The third-order valence-corrected chi connectivity index (χ3v) is 3.83. The molecule has 1 N–H and O–H groups in total. The topological polar surface area (TPSA) is 109 Å². The lowest BCUT2D eigenvalue weighted by molar-refractivity contribution is -0.141. The van der Waals surface area contributed by atoms with Gasteiger partial charge in [-0.25, -0.2) is 0 Å². The van der Waals surface area contributed by atoms with Gasteiger partial charge in [0.05, 0.1) is 24.1 Å². The van der Waals surface area contributed by atoms with Gasteiger partial charge >= 0.3 is 5.97 Å². The smallest absolute Gasteiger partial charge is 0.327 e. The van der Waals surface area contributed by atoms with E-state index in [0.29, 0.717) is 5.56 Å². The van der Waals surface area contributed by atoms with Crippen LogP contribution in [0.3, 0.4) is 0 Å². The third kappa shape index (κ3) is 1.30. The van der Waals surface area contributed by atoms with Crippen LogP contribution >= 0.6 is 11.6 Å². The van der Waals surface area contributed by atoms with E-state index < -0.39 is 22.7 Å². The van der Waals surface area contributed by atoms with Gasteiger partial charge in [0.25, 0.3) is 0 Å². The van der Waals surface area contributed by atoms with Crippen molar-refractivity contribution < 1.29 is 9.90 Å². The van der Waals surface area contributed by atoms with Crippen molar-refractivity contribution in [3.05, 3.63) is 34.9 Å². The molecule has 1 aliphatic carbocycles. The number of hydrogen-bond acceptors (Lipinski definition) is 4. The Morgan fingerprint density at radius 1 is 1.21 bits per heavy atom. The summed E-state index contributed by atoms with van der Waals surface area (Å²) in [5, 5.41) is 37.0. The first-order chi connectivity index (χ1) is 9.01. The summed E-state index contributed by atoms with van der Waals surface area (Å²) >= 11 is 5.97. The Hall–Kier alpha value is -2.55. The fourth-order valence-corrected chi connectivity index (χ4v) is 2.72. The molecule has 92 valence electrons. The summed E-state index contributed by atoms with van der Waals surface area (Å²) in [5.74, 6) is -2.53. The first-order valence-electron chi connectivity index (χ1n) is 5.23. The summed E-state index contributed by atoms with van der Waals surface area (Å²) in [6.07, 6.45) is 0. The highest BCUT2D eigenvalue weighted by molar-refractivity contribution is 6.31. The van der Waals surface area contributed by atoms with Crippen molar-refractivity contribution in [1.82, 2.24) is 0 Å². The van der Waals surface area contributed by atoms with E-state index in [-0.39, 0.29) is 5.02 Å². The number of aliphatic carboxylic acids is 1. The van der Waals surface area contributed by atoms with Crippen LogP contribution in [-0.4, -0.2) is 11.1 Å². The number of nitrogens with zero attached hydrogens (tertiary/aromatic N) is 3. The quantitative estimate of drug-likeness (QED) is 0.885. The number of carboxylic acid groups (broad SMARTS) is 1. The molecule has 0 spiro atoms. The van der Waals surface area contributed by atoms with Crippen molar-refractivity contribution >= 4 is 17.6 Å². The van der Waals surface area contributed by atoms with Gasteiger partial charge in [0.15, 0.2) is 10.8 Å². The molecule has 2 unspecified atom stereocenters. The molecule has 1 aromatic rings. The monoisotopic (exact) mass is 271 g/mol. The minimum absolute atomic E-state index is 0.237. The fraction of sp³-hybridized carbons (Fsp3) is 0.231. The Morgan fingerprint density at radius 3 is 2.16 bits per heavy atom. The minimum Gasteiger partial charge on any atom is -0.480 e. The predicted octanol–water partition coefficient (Wildman–Crippen LogP) is 2.07.